The first-order valence-electron chi connectivity index (χ1n) is 8.40. The van der Waals surface area contributed by atoms with Gasteiger partial charge in [-0.2, -0.15) is 0 Å². The molecule has 0 unspecified atom stereocenters. The molecule has 0 aliphatic carbocycles. The van der Waals surface area contributed by atoms with Crippen molar-refractivity contribution in [2.75, 3.05) is 5.32 Å². The average molecular weight is 378 g/mol. The molecule has 4 rings (SSSR count). The third kappa shape index (κ3) is 2.76. The van der Waals surface area contributed by atoms with Gasteiger partial charge in [-0.3, -0.25) is 0 Å². The molecule has 1 heterocycles. The minimum absolute atomic E-state index is 0.294. The second-order valence-corrected chi connectivity index (χ2v) is 7.43. The van der Waals surface area contributed by atoms with E-state index >= 15 is 0 Å². The number of halogens is 1. The maximum atomic E-state index is 3.77. The highest BCUT2D eigenvalue weighted by atomic mass is 79.9. The maximum absolute atomic E-state index is 3.77. The molecule has 0 saturated heterocycles. The monoisotopic (exact) mass is 377 g/mol. The lowest BCUT2D eigenvalue weighted by atomic mass is 9.73. The topological polar surface area (TPSA) is 12.0 Å². The van der Waals surface area contributed by atoms with E-state index in [1.54, 1.807) is 0 Å². The van der Waals surface area contributed by atoms with E-state index in [2.05, 4.69) is 107 Å². The largest absolute Gasteiger partial charge is 0.378 e. The van der Waals surface area contributed by atoms with Gasteiger partial charge in [-0.05, 0) is 40.8 Å². The zero-order valence-electron chi connectivity index (χ0n) is 13.6. The Labute approximate surface area is 151 Å². The quantitative estimate of drug-likeness (QED) is 0.545. The molecule has 0 fully saturated rings. The van der Waals surface area contributed by atoms with Gasteiger partial charge in [0.15, 0.2) is 0 Å². The van der Waals surface area contributed by atoms with Crippen LogP contribution in [0.15, 0.2) is 83.3 Å². The molecule has 0 spiro atoms. The lowest BCUT2D eigenvalue weighted by Gasteiger charge is -2.39. The molecule has 3 atom stereocenters. The fourth-order valence-corrected chi connectivity index (χ4v) is 4.32. The molecule has 120 valence electrons. The molecule has 0 aromatic heterocycles. The number of benzene rings is 3. The Kier molecular flexibility index (Phi) is 4.15. The Morgan fingerprint density at radius 3 is 2.29 bits per heavy atom. The summed E-state index contributed by atoms with van der Waals surface area (Å²) in [6.07, 6.45) is 0. The van der Waals surface area contributed by atoms with Gasteiger partial charge < -0.3 is 5.32 Å². The molecule has 24 heavy (non-hydrogen) atoms. The van der Waals surface area contributed by atoms with Gasteiger partial charge in [-0.25, -0.2) is 0 Å². The van der Waals surface area contributed by atoms with Crippen LogP contribution >= 0.6 is 15.9 Å². The van der Waals surface area contributed by atoms with Crippen molar-refractivity contribution in [3.63, 3.8) is 0 Å². The maximum Gasteiger partial charge on any atom is 0.0548 e. The van der Waals surface area contributed by atoms with Gasteiger partial charge in [-0.15, -0.1) is 0 Å². The number of hydrogen-bond donors (Lipinski definition) is 1. The van der Waals surface area contributed by atoms with Gasteiger partial charge in [0.2, 0.25) is 0 Å². The van der Waals surface area contributed by atoms with Crippen LogP contribution in [0.5, 0.6) is 0 Å². The molecular weight excluding hydrogens is 358 g/mol. The normalized spacial score (nSPS) is 22.5. The minimum atomic E-state index is 0.294. The molecule has 1 N–H and O–H groups in total. The summed E-state index contributed by atoms with van der Waals surface area (Å²) in [6, 6.07) is 28.5. The van der Waals surface area contributed by atoms with E-state index in [0.717, 1.165) is 4.47 Å². The van der Waals surface area contributed by atoms with Gasteiger partial charge in [0.05, 0.1) is 6.04 Å². The average Bonchev–Trinajstić information content (AvgIpc) is 2.62. The Hall–Kier alpha value is -2.06. The van der Waals surface area contributed by atoms with Crippen molar-refractivity contribution in [3.8, 4) is 0 Å². The minimum Gasteiger partial charge on any atom is -0.378 e. The summed E-state index contributed by atoms with van der Waals surface area (Å²) in [4.78, 5) is 0. The summed E-state index contributed by atoms with van der Waals surface area (Å²) in [7, 11) is 0. The van der Waals surface area contributed by atoms with Crippen LogP contribution in [0.4, 0.5) is 5.69 Å². The SMILES string of the molecule is C[C@@H]1[C@H](c2ccccc2)c2ccccc2N[C@@H]1c1cccc(Br)c1. The highest BCUT2D eigenvalue weighted by molar-refractivity contribution is 9.10. The second-order valence-electron chi connectivity index (χ2n) is 6.51. The van der Waals surface area contributed by atoms with E-state index in [0.29, 0.717) is 17.9 Å². The molecule has 0 bridgehead atoms. The molecule has 0 amide bonds. The number of anilines is 1. The summed E-state index contributed by atoms with van der Waals surface area (Å²) in [6.45, 7) is 2.35. The van der Waals surface area contributed by atoms with Crippen LogP contribution in [0.2, 0.25) is 0 Å². The fourth-order valence-electron chi connectivity index (χ4n) is 3.90. The first-order chi connectivity index (χ1) is 11.7. The van der Waals surface area contributed by atoms with Crippen molar-refractivity contribution in [1.82, 2.24) is 0 Å². The van der Waals surface area contributed by atoms with Gasteiger partial charge >= 0.3 is 0 Å². The third-order valence-corrected chi connectivity index (χ3v) is 5.52. The zero-order chi connectivity index (χ0) is 16.5. The molecule has 3 aromatic rings. The number of rotatable bonds is 2. The van der Waals surface area contributed by atoms with Crippen molar-refractivity contribution in [2.45, 2.75) is 18.9 Å². The fraction of sp³-hybridized carbons (Fsp3) is 0.182. The summed E-state index contributed by atoms with van der Waals surface area (Å²) in [5, 5.41) is 3.77. The lowest BCUT2D eigenvalue weighted by molar-refractivity contribution is 0.428. The summed E-state index contributed by atoms with van der Waals surface area (Å²) in [5.74, 6) is 0.851. The Bertz CT molecular complexity index is 843. The van der Waals surface area contributed by atoms with Crippen LogP contribution < -0.4 is 5.32 Å². The van der Waals surface area contributed by atoms with Crippen molar-refractivity contribution in [1.29, 1.82) is 0 Å². The number of nitrogens with one attached hydrogen (secondary N) is 1. The number of hydrogen-bond acceptors (Lipinski definition) is 1. The molecular formula is C22H20BrN. The highest BCUT2D eigenvalue weighted by Crippen LogP contribution is 2.47. The second kappa shape index (κ2) is 6.45. The van der Waals surface area contributed by atoms with Crippen LogP contribution in [-0.4, -0.2) is 0 Å². The van der Waals surface area contributed by atoms with Crippen molar-refractivity contribution in [2.24, 2.45) is 5.92 Å². The zero-order valence-corrected chi connectivity index (χ0v) is 15.2. The molecule has 3 aromatic carbocycles. The molecule has 1 aliphatic heterocycles. The Morgan fingerprint density at radius 2 is 1.50 bits per heavy atom. The third-order valence-electron chi connectivity index (χ3n) is 5.02. The molecule has 0 saturated carbocycles. The van der Waals surface area contributed by atoms with Gasteiger partial charge in [0.25, 0.3) is 0 Å². The van der Waals surface area contributed by atoms with Crippen LogP contribution in [0.1, 0.15) is 35.6 Å². The van der Waals surface area contributed by atoms with E-state index in [-0.39, 0.29) is 0 Å². The van der Waals surface area contributed by atoms with Crippen molar-refractivity contribution in [3.05, 3.63) is 100 Å². The smallest absolute Gasteiger partial charge is 0.0548 e. The van der Waals surface area contributed by atoms with Crippen LogP contribution in [-0.2, 0) is 0 Å². The number of para-hydroxylation sites is 1. The predicted molar refractivity (Wildman–Crippen MR) is 104 cm³/mol. The van der Waals surface area contributed by atoms with Crippen LogP contribution in [0.3, 0.4) is 0 Å². The van der Waals surface area contributed by atoms with E-state index in [1.165, 1.54) is 22.4 Å². The first kappa shape index (κ1) is 15.5. The predicted octanol–water partition coefficient (Wildman–Crippen LogP) is 6.38. The lowest BCUT2D eigenvalue weighted by Crippen LogP contribution is -2.30. The summed E-state index contributed by atoms with van der Waals surface area (Å²) < 4.78 is 1.13. The van der Waals surface area contributed by atoms with Gasteiger partial charge in [0, 0.05) is 16.1 Å². The Balaban J connectivity index is 1.83. The molecule has 1 aliphatic rings. The van der Waals surface area contributed by atoms with E-state index in [9.17, 15) is 0 Å². The van der Waals surface area contributed by atoms with Gasteiger partial charge in [0.1, 0.15) is 0 Å². The Morgan fingerprint density at radius 1 is 0.792 bits per heavy atom. The van der Waals surface area contributed by atoms with Crippen molar-refractivity contribution < 1.29 is 0 Å². The summed E-state index contributed by atoms with van der Waals surface area (Å²) in [5.41, 5.74) is 5.35. The number of fused-ring (bicyclic) bond motifs is 1. The van der Waals surface area contributed by atoms with Crippen molar-refractivity contribution >= 4 is 21.6 Å². The summed E-state index contributed by atoms with van der Waals surface area (Å²) >= 11 is 3.61. The van der Waals surface area contributed by atoms with E-state index in [4.69, 9.17) is 0 Å². The molecule has 2 heteroatoms. The molecule has 1 nitrogen and oxygen atoms in total. The van der Waals surface area contributed by atoms with Crippen LogP contribution in [0.25, 0.3) is 0 Å². The standard InChI is InChI=1S/C22H20BrN/c1-15-21(16-8-3-2-4-9-16)19-12-5-6-13-20(19)24-22(15)17-10-7-11-18(23)14-17/h2-15,21-22,24H,1H3/t15-,21-,22+/m1/s1. The first-order valence-corrected chi connectivity index (χ1v) is 9.19. The molecule has 0 radical (unpaired) electrons. The highest BCUT2D eigenvalue weighted by Gasteiger charge is 2.35. The van der Waals surface area contributed by atoms with E-state index in [1.807, 2.05) is 0 Å². The van der Waals surface area contributed by atoms with Gasteiger partial charge in [-0.1, -0.05) is 83.5 Å². The van der Waals surface area contributed by atoms with E-state index < -0.39 is 0 Å². The van der Waals surface area contributed by atoms with Crippen LogP contribution in [0, 0.1) is 5.92 Å².